The third-order valence-corrected chi connectivity index (χ3v) is 2.28. The van der Waals surface area contributed by atoms with Crippen molar-refractivity contribution >= 4 is 0 Å². The smallest absolute Gasteiger partial charge is 0.105 e. The minimum Gasteiger partial charge on any atom is -0.391 e. The first-order valence-corrected chi connectivity index (χ1v) is 4.34. The fourth-order valence-electron chi connectivity index (χ4n) is 1.34. The van der Waals surface area contributed by atoms with Crippen LogP contribution in [-0.4, -0.2) is 20.8 Å². The van der Waals surface area contributed by atoms with E-state index in [1.807, 2.05) is 31.5 Å². The van der Waals surface area contributed by atoms with Crippen LogP contribution in [-0.2, 0) is 0 Å². The lowest BCUT2D eigenvalue weighted by atomic mass is 10.1. The van der Waals surface area contributed by atoms with Crippen LogP contribution in [0, 0.1) is 6.92 Å². The molecule has 0 aromatic carbocycles. The van der Waals surface area contributed by atoms with E-state index in [4.69, 9.17) is 0 Å². The lowest BCUT2D eigenvalue weighted by Crippen LogP contribution is -2.21. The van der Waals surface area contributed by atoms with Gasteiger partial charge in [0.25, 0.3) is 0 Å². The largest absolute Gasteiger partial charge is 0.391 e. The van der Waals surface area contributed by atoms with Crippen LogP contribution in [0.2, 0.25) is 0 Å². The Labute approximate surface area is 73.1 Å². The van der Waals surface area contributed by atoms with Gasteiger partial charge in [0.1, 0.15) is 5.82 Å². The highest BCUT2D eigenvalue weighted by Crippen LogP contribution is 2.14. The number of rotatable bonds is 3. The second kappa shape index (κ2) is 3.72. The summed E-state index contributed by atoms with van der Waals surface area (Å²) in [6.45, 7) is 5.93. The van der Waals surface area contributed by atoms with Gasteiger partial charge in [-0.15, -0.1) is 0 Å². The summed E-state index contributed by atoms with van der Waals surface area (Å²) in [5.41, 5.74) is 0. The van der Waals surface area contributed by atoms with Crippen molar-refractivity contribution in [2.75, 3.05) is 0 Å². The van der Waals surface area contributed by atoms with E-state index in [9.17, 15) is 5.11 Å². The molecule has 0 radical (unpaired) electrons. The molecule has 1 N–H and O–H groups in total. The molecule has 1 rings (SSSR count). The van der Waals surface area contributed by atoms with Gasteiger partial charge >= 0.3 is 0 Å². The zero-order chi connectivity index (χ0) is 9.14. The summed E-state index contributed by atoms with van der Waals surface area (Å²) < 4.78 is 1.99. The summed E-state index contributed by atoms with van der Waals surface area (Å²) in [7, 11) is 0. The summed E-state index contributed by atoms with van der Waals surface area (Å²) in [6.07, 6.45) is 4.16. The first-order valence-electron chi connectivity index (χ1n) is 4.34. The molecular weight excluding hydrogens is 152 g/mol. The molecule has 12 heavy (non-hydrogen) atoms. The fourth-order valence-corrected chi connectivity index (χ4v) is 1.34. The predicted octanol–water partition coefficient (Wildman–Crippen LogP) is 1.52. The zero-order valence-electron chi connectivity index (χ0n) is 7.86. The van der Waals surface area contributed by atoms with Gasteiger partial charge in [-0.05, 0) is 20.3 Å². The Hall–Kier alpha value is -0.830. The molecule has 0 amide bonds. The molecule has 1 aromatic rings. The lowest BCUT2D eigenvalue weighted by molar-refractivity contribution is 0.116. The van der Waals surface area contributed by atoms with E-state index >= 15 is 0 Å². The van der Waals surface area contributed by atoms with E-state index in [2.05, 4.69) is 4.98 Å². The first kappa shape index (κ1) is 9.26. The second-order valence-corrected chi connectivity index (χ2v) is 3.10. The summed E-state index contributed by atoms with van der Waals surface area (Å²) in [5, 5.41) is 9.57. The molecule has 3 heteroatoms. The highest BCUT2D eigenvalue weighted by atomic mass is 16.3. The van der Waals surface area contributed by atoms with Crippen LogP contribution < -0.4 is 0 Å². The van der Waals surface area contributed by atoms with Crippen LogP contribution in [0.25, 0.3) is 0 Å². The number of aliphatic hydroxyl groups excluding tert-OH is 1. The van der Waals surface area contributed by atoms with Gasteiger partial charge in [0.15, 0.2) is 0 Å². The molecule has 0 aliphatic carbocycles. The van der Waals surface area contributed by atoms with Gasteiger partial charge in [-0.2, -0.15) is 0 Å². The van der Waals surface area contributed by atoms with Crippen molar-refractivity contribution in [1.29, 1.82) is 0 Å². The number of hydrogen-bond acceptors (Lipinski definition) is 2. The van der Waals surface area contributed by atoms with Crippen molar-refractivity contribution in [3.63, 3.8) is 0 Å². The van der Waals surface area contributed by atoms with E-state index in [1.165, 1.54) is 0 Å². The predicted molar refractivity (Wildman–Crippen MR) is 48.0 cm³/mol. The highest BCUT2D eigenvalue weighted by molar-refractivity contribution is 4.92. The molecule has 0 spiro atoms. The van der Waals surface area contributed by atoms with Crippen molar-refractivity contribution in [3.05, 3.63) is 18.2 Å². The topological polar surface area (TPSA) is 38.0 Å². The third-order valence-electron chi connectivity index (χ3n) is 2.28. The van der Waals surface area contributed by atoms with Crippen molar-refractivity contribution in [1.82, 2.24) is 9.55 Å². The molecule has 2 atom stereocenters. The molecule has 1 heterocycles. The monoisotopic (exact) mass is 168 g/mol. The summed E-state index contributed by atoms with van der Waals surface area (Å²) in [6, 6.07) is 0.123. The van der Waals surface area contributed by atoms with Crippen LogP contribution in [0.5, 0.6) is 0 Å². The maximum absolute atomic E-state index is 9.57. The molecule has 0 fully saturated rings. The van der Waals surface area contributed by atoms with E-state index in [1.54, 1.807) is 6.20 Å². The van der Waals surface area contributed by atoms with E-state index < -0.39 is 0 Å². The standard InChI is InChI=1S/C9H16N2O/c1-4-9(12)7(2)11-6-5-10-8(11)3/h5-7,9,12H,4H2,1-3H3. The van der Waals surface area contributed by atoms with Gasteiger partial charge in [0.2, 0.25) is 0 Å². The molecule has 0 bridgehead atoms. The lowest BCUT2D eigenvalue weighted by Gasteiger charge is -2.19. The van der Waals surface area contributed by atoms with Gasteiger partial charge < -0.3 is 9.67 Å². The van der Waals surface area contributed by atoms with E-state index in [0.29, 0.717) is 0 Å². The molecule has 3 nitrogen and oxygen atoms in total. The minimum atomic E-state index is -0.280. The average Bonchev–Trinajstić information content (AvgIpc) is 2.48. The number of nitrogens with zero attached hydrogens (tertiary/aromatic N) is 2. The van der Waals surface area contributed by atoms with Gasteiger partial charge in [-0.25, -0.2) is 4.98 Å². The third kappa shape index (κ3) is 1.67. The number of imidazole rings is 1. The Balaban J connectivity index is 2.77. The van der Waals surface area contributed by atoms with Crippen molar-refractivity contribution in [2.45, 2.75) is 39.3 Å². The Bertz CT molecular complexity index is 244. The van der Waals surface area contributed by atoms with E-state index in [0.717, 1.165) is 12.2 Å². The molecular formula is C9H16N2O. The van der Waals surface area contributed by atoms with Crippen LogP contribution in [0.4, 0.5) is 0 Å². The SMILES string of the molecule is CCC(O)C(C)n1ccnc1C. The quantitative estimate of drug-likeness (QED) is 0.743. The molecule has 0 aliphatic heterocycles. The highest BCUT2D eigenvalue weighted by Gasteiger charge is 2.14. The second-order valence-electron chi connectivity index (χ2n) is 3.10. The summed E-state index contributed by atoms with van der Waals surface area (Å²) >= 11 is 0. The molecule has 68 valence electrons. The van der Waals surface area contributed by atoms with E-state index in [-0.39, 0.29) is 12.1 Å². The number of aliphatic hydroxyl groups is 1. The maximum Gasteiger partial charge on any atom is 0.105 e. The van der Waals surface area contributed by atoms with Crippen LogP contribution in [0.1, 0.15) is 32.1 Å². The molecule has 0 saturated carbocycles. The van der Waals surface area contributed by atoms with Gasteiger partial charge in [-0.1, -0.05) is 6.92 Å². The Kier molecular flexibility index (Phi) is 2.87. The van der Waals surface area contributed by atoms with Gasteiger partial charge in [-0.3, -0.25) is 0 Å². The number of aromatic nitrogens is 2. The molecule has 1 aromatic heterocycles. The molecule has 0 aliphatic rings. The molecule has 0 saturated heterocycles. The Morgan fingerprint density at radius 1 is 1.67 bits per heavy atom. The fraction of sp³-hybridized carbons (Fsp3) is 0.667. The number of hydrogen-bond donors (Lipinski definition) is 1. The van der Waals surface area contributed by atoms with Gasteiger partial charge in [0.05, 0.1) is 12.1 Å². The van der Waals surface area contributed by atoms with Crippen molar-refractivity contribution < 1.29 is 5.11 Å². The normalized spacial score (nSPS) is 16.0. The molecule has 2 unspecified atom stereocenters. The minimum absolute atomic E-state index is 0.123. The first-order chi connectivity index (χ1) is 5.66. The van der Waals surface area contributed by atoms with Crippen LogP contribution in [0.15, 0.2) is 12.4 Å². The Morgan fingerprint density at radius 3 is 2.75 bits per heavy atom. The summed E-state index contributed by atoms with van der Waals surface area (Å²) in [4.78, 5) is 4.11. The van der Waals surface area contributed by atoms with Crippen molar-refractivity contribution in [2.24, 2.45) is 0 Å². The van der Waals surface area contributed by atoms with Crippen molar-refractivity contribution in [3.8, 4) is 0 Å². The zero-order valence-corrected chi connectivity index (χ0v) is 7.86. The van der Waals surface area contributed by atoms with Crippen LogP contribution >= 0.6 is 0 Å². The average molecular weight is 168 g/mol. The number of aryl methyl sites for hydroxylation is 1. The summed E-state index contributed by atoms with van der Waals surface area (Å²) in [5.74, 6) is 0.954. The maximum atomic E-state index is 9.57. The van der Waals surface area contributed by atoms with Crippen LogP contribution in [0.3, 0.4) is 0 Å². The Morgan fingerprint density at radius 2 is 2.33 bits per heavy atom. The van der Waals surface area contributed by atoms with Gasteiger partial charge in [0, 0.05) is 12.4 Å².